The molecule has 0 radical (unpaired) electrons. The second kappa shape index (κ2) is 12.5. The van der Waals surface area contributed by atoms with Crippen LogP contribution in [0.3, 0.4) is 0 Å². The summed E-state index contributed by atoms with van der Waals surface area (Å²) in [5, 5.41) is 1.93. The number of imidazole rings is 2. The molecular weight excluding hydrogens is 633 g/mol. The molecule has 0 saturated heterocycles. The maximum absolute atomic E-state index is 13.8. The number of nitrogens with zero attached hydrogens (tertiary/aromatic N) is 6. The zero-order valence-electron chi connectivity index (χ0n) is 28.3. The van der Waals surface area contributed by atoms with E-state index >= 15 is 0 Å². The second-order valence-corrected chi connectivity index (χ2v) is 13.4. The van der Waals surface area contributed by atoms with E-state index in [0.717, 1.165) is 50.9 Å². The number of hydrogen-bond acceptors (Lipinski definition) is 3. The normalized spacial score (nSPS) is 13.4. The van der Waals surface area contributed by atoms with E-state index in [1.807, 2.05) is 84.9 Å². The van der Waals surface area contributed by atoms with Crippen molar-refractivity contribution >= 4 is 33.4 Å². The van der Waals surface area contributed by atoms with E-state index in [1.165, 1.54) is 0 Å². The molecule has 0 unspecified atom stereocenters. The molecule has 4 aromatic heterocycles. The van der Waals surface area contributed by atoms with Gasteiger partial charge >= 0.3 is 0 Å². The molecule has 0 fully saturated rings. The van der Waals surface area contributed by atoms with Crippen molar-refractivity contribution in [3.63, 3.8) is 0 Å². The highest BCUT2D eigenvalue weighted by Crippen LogP contribution is 2.32. The Kier molecular flexibility index (Phi) is 7.50. The molecule has 0 N–H and O–H groups in total. The molecule has 11 rings (SSSR count). The molecular formula is C43H36N6O2+2. The standard InChI is InChI=1S/C43H36N6O2/c1-2-49-40-16-14-34-22-38(40)39-23-35(15-17-41(39)49)43(51)33-12-8-31(9-13-33)25-46-19-21-48(29-46)27-37-5-3-4-36(44-37)26-47-20-18-45(28-47)24-30-6-10-32(11-7-30)42(34)50/h3-23,28-29H,2,24-27H2,1H3/q+2. The predicted octanol–water partition coefficient (Wildman–Crippen LogP) is 6.36. The van der Waals surface area contributed by atoms with Crippen LogP contribution in [0.5, 0.6) is 0 Å². The van der Waals surface area contributed by atoms with E-state index in [1.54, 1.807) is 0 Å². The highest BCUT2D eigenvalue weighted by atomic mass is 16.1. The largest absolute Gasteiger partial charge is 0.341 e. The van der Waals surface area contributed by atoms with E-state index in [-0.39, 0.29) is 11.6 Å². The summed E-state index contributed by atoms with van der Waals surface area (Å²) in [5.41, 5.74) is 8.82. The van der Waals surface area contributed by atoms with Gasteiger partial charge < -0.3 is 4.57 Å². The van der Waals surface area contributed by atoms with Gasteiger partial charge in [-0.05, 0) is 66.6 Å². The molecule has 3 aliphatic rings. The fraction of sp³-hybridized carbons (Fsp3) is 0.140. The van der Waals surface area contributed by atoms with Crippen molar-refractivity contribution < 1.29 is 18.7 Å². The second-order valence-electron chi connectivity index (χ2n) is 13.4. The van der Waals surface area contributed by atoms with Crippen molar-refractivity contribution in [3.05, 3.63) is 185 Å². The smallest absolute Gasteiger partial charge is 0.244 e. The summed E-state index contributed by atoms with van der Waals surface area (Å²) in [5.74, 6) is -0.0554. The van der Waals surface area contributed by atoms with E-state index in [4.69, 9.17) is 4.98 Å². The van der Waals surface area contributed by atoms with Crippen molar-refractivity contribution in [3.8, 4) is 0 Å². The van der Waals surface area contributed by atoms with Gasteiger partial charge in [0.15, 0.2) is 11.6 Å². The lowest BCUT2D eigenvalue weighted by atomic mass is 9.98. The van der Waals surface area contributed by atoms with Crippen LogP contribution in [-0.2, 0) is 32.7 Å². The topological polar surface area (TPSA) is 69.6 Å². The van der Waals surface area contributed by atoms with E-state index in [0.29, 0.717) is 48.4 Å². The lowest BCUT2D eigenvalue weighted by molar-refractivity contribution is -0.688. The number of aryl methyl sites for hydroxylation is 1. The van der Waals surface area contributed by atoms with Crippen LogP contribution < -0.4 is 9.13 Å². The minimum atomic E-state index is -0.0277. The first-order chi connectivity index (χ1) is 25.0. The predicted molar refractivity (Wildman–Crippen MR) is 195 cm³/mol. The molecule has 4 aromatic carbocycles. The van der Waals surface area contributed by atoms with Gasteiger partial charge in [0.2, 0.25) is 12.7 Å². The molecule has 0 aliphatic carbocycles. The number of hydrogen-bond donors (Lipinski definition) is 0. The average Bonchev–Trinajstić information content (AvgIpc) is 3.88. The third-order valence-electron chi connectivity index (χ3n) is 9.91. The summed E-state index contributed by atoms with van der Waals surface area (Å²) in [6.07, 6.45) is 12.4. The quantitative estimate of drug-likeness (QED) is 0.191. The minimum Gasteiger partial charge on any atom is -0.341 e. The maximum atomic E-state index is 13.8. The van der Waals surface area contributed by atoms with Gasteiger partial charge in [-0.15, -0.1) is 0 Å². The SMILES string of the molecule is CCn1c2ccc3cc2c2cc(ccc21)C(=O)c1ccc(cc1)C[n+]1ccn(c1)Cc1cccc(n1)Cn1cc[n+](c1)Cc1ccc(cc1)C3=O. The Bertz CT molecular complexity index is 2430. The number of carbonyl (C=O) groups is 2. The molecule has 0 atom stereocenters. The van der Waals surface area contributed by atoms with Crippen LogP contribution in [0.1, 0.15) is 61.3 Å². The van der Waals surface area contributed by atoms with Crippen LogP contribution in [0.2, 0.25) is 0 Å². The van der Waals surface area contributed by atoms with Crippen LogP contribution in [0.4, 0.5) is 0 Å². The molecule has 51 heavy (non-hydrogen) atoms. The molecule has 8 nitrogen and oxygen atoms in total. The first-order valence-corrected chi connectivity index (χ1v) is 17.4. The fourth-order valence-corrected chi connectivity index (χ4v) is 7.34. The first kappa shape index (κ1) is 30.6. The van der Waals surface area contributed by atoms with Crippen molar-refractivity contribution in [2.45, 2.75) is 39.6 Å². The van der Waals surface area contributed by atoms with Crippen molar-refractivity contribution in [1.29, 1.82) is 0 Å². The van der Waals surface area contributed by atoms with Gasteiger partial charge in [-0.25, -0.2) is 23.3 Å². The third kappa shape index (κ3) is 5.84. The van der Waals surface area contributed by atoms with Gasteiger partial charge in [0.05, 0.1) is 11.4 Å². The zero-order valence-corrected chi connectivity index (χ0v) is 28.3. The molecule has 7 heterocycles. The van der Waals surface area contributed by atoms with Crippen LogP contribution in [-0.4, -0.2) is 30.3 Å². The third-order valence-corrected chi connectivity index (χ3v) is 9.91. The molecule has 0 spiro atoms. The Morgan fingerprint density at radius 1 is 0.588 bits per heavy atom. The fourth-order valence-electron chi connectivity index (χ4n) is 7.34. The Balaban J connectivity index is 1.11. The number of aromatic nitrogens is 6. The summed E-state index contributed by atoms with van der Waals surface area (Å²) in [4.78, 5) is 32.5. The van der Waals surface area contributed by atoms with Gasteiger partial charge in [0.1, 0.15) is 51.0 Å². The van der Waals surface area contributed by atoms with Crippen molar-refractivity contribution in [2.75, 3.05) is 0 Å². The summed E-state index contributed by atoms with van der Waals surface area (Å²) in [6.45, 7) is 5.60. The number of benzene rings is 4. The van der Waals surface area contributed by atoms with Crippen LogP contribution in [0.15, 0.2) is 141 Å². The van der Waals surface area contributed by atoms with Gasteiger partial charge in [0, 0.05) is 50.6 Å². The van der Waals surface area contributed by atoms with Crippen LogP contribution in [0, 0.1) is 0 Å². The number of carbonyl (C=O) groups excluding carboxylic acids is 2. The Hall–Kier alpha value is -6.41. The molecule has 0 saturated carbocycles. The number of ketones is 2. The summed E-state index contributed by atoms with van der Waals surface area (Å²) >= 11 is 0. The van der Waals surface area contributed by atoms with Crippen molar-refractivity contribution in [2.24, 2.45) is 0 Å². The number of fused-ring (bicyclic) bond motifs is 2. The van der Waals surface area contributed by atoms with Crippen molar-refractivity contribution in [1.82, 2.24) is 18.7 Å². The minimum absolute atomic E-state index is 0.0277. The molecule has 0 amide bonds. The monoisotopic (exact) mass is 668 g/mol. The van der Waals surface area contributed by atoms with Gasteiger partial charge in [-0.1, -0.05) is 54.6 Å². The maximum Gasteiger partial charge on any atom is 0.244 e. The van der Waals surface area contributed by atoms with Crippen LogP contribution >= 0.6 is 0 Å². The van der Waals surface area contributed by atoms with E-state index in [2.05, 4.69) is 85.4 Å². The highest BCUT2D eigenvalue weighted by molar-refractivity contribution is 6.17. The average molecular weight is 669 g/mol. The molecule has 14 bridgehead atoms. The van der Waals surface area contributed by atoms with Gasteiger partial charge in [0.25, 0.3) is 0 Å². The van der Waals surface area contributed by atoms with Crippen LogP contribution in [0.25, 0.3) is 21.8 Å². The molecule has 8 heteroatoms. The summed E-state index contributed by atoms with van der Waals surface area (Å²) in [6, 6.07) is 33.8. The Morgan fingerprint density at radius 2 is 1.04 bits per heavy atom. The van der Waals surface area contributed by atoms with Gasteiger partial charge in [-0.3, -0.25) is 9.59 Å². The first-order valence-electron chi connectivity index (χ1n) is 17.4. The van der Waals surface area contributed by atoms with E-state index < -0.39 is 0 Å². The Morgan fingerprint density at radius 3 is 1.49 bits per heavy atom. The molecule has 248 valence electrons. The number of rotatable bonds is 1. The summed E-state index contributed by atoms with van der Waals surface area (Å²) < 4.78 is 10.8. The molecule has 3 aliphatic heterocycles. The highest BCUT2D eigenvalue weighted by Gasteiger charge is 2.18. The lowest BCUT2D eigenvalue weighted by Gasteiger charge is -2.06. The zero-order chi connectivity index (χ0) is 34.5. The lowest BCUT2D eigenvalue weighted by Crippen LogP contribution is -2.31. The van der Waals surface area contributed by atoms with E-state index in [9.17, 15) is 9.59 Å². The summed E-state index contributed by atoms with van der Waals surface area (Å²) in [7, 11) is 0. The van der Waals surface area contributed by atoms with Gasteiger partial charge in [-0.2, -0.15) is 0 Å². The number of pyridine rings is 1. The Labute approximate surface area is 295 Å². The molecule has 8 aromatic rings.